The second-order valence-electron chi connectivity index (χ2n) is 7.12. The molecule has 2 saturated carbocycles. The number of terminal acetylenes is 1. The summed E-state index contributed by atoms with van der Waals surface area (Å²) in [7, 11) is 0. The maximum atomic E-state index is 11.8. The summed E-state index contributed by atoms with van der Waals surface area (Å²) in [6.45, 7) is 6.31. The van der Waals surface area contributed by atoms with Gasteiger partial charge in [0.05, 0.1) is 6.54 Å². The molecule has 0 radical (unpaired) electrons. The molecule has 0 aromatic heterocycles. The van der Waals surface area contributed by atoms with Gasteiger partial charge in [0, 0.05) is 12.1 Å². The van der Waals surface area contributed by atoms with Crippen molar-refractivity contribution in [3.05, 3.63) is 0 Å². The topological polar surface area (TPSA) is 50.4 Å². The van der Waals surface area contributed by atoms with Crippen LogP contribution in [0, 0.1) is 17.8 Å². The standard InChI is InChI=1S/C16H26N2O2/c1-5-10-17-12-6-8-16(9-7-12)11-13(16)18-14(19)20-15(2,3)4/h1,12-13,17H,6-11H2,2-4H3,(H,18,19). The van der Waals surface area contributed by atoms with Crippen molar-refractivity contribution in [2.75, 3.05) is 6.54 Å². The molecule has 2 N–H and O–H groups in total. The van der Waals surface area contributed by atoms with Crippen LogP contribution in [0.1, 0.15) is 52.9 Å². The lowest BCUT2D eigenvalue weighted by Gasteiger charge is -2.30. The number of carbonyl (C=O) groups is 1. The molecule has 2 rings (SSSR count). The highest BCUT2D eigenvalue weighted by molar-refractivity contribution is 5.68. The lowest BCUT2D eigenvalue weighted by atomic mass is 9.83. The first-order valence-electron chi connectivity index (χ1n) is 7.51. The van der Waals surface area contributed by atoms with Crippen molar-refractivity contribution >= 4 is 6.09 Å². The van der Waals surface area contributed by atoms with Gasteiger partial charge < -0.3 is 15.4 Å². The predicted octanol–water partition coefficient (Wildman–Crippen LogP) is 2.44. The number of hydrogen-bond donors (Lipinski definition) is 2. The van der Waals surface area contributed by atoms with Gasteiger partial charge in [-0.1, -0.05) is 5.92 Å². The van der Waals surface area contributed by atoms with Gasteiger partial charge in [-0.05, 0) is 58.3 Å². The molecule has 4 heteroatoms. The van der Waals surface area contributed by atoms with Gasteiger partial charge >= 0.3 is 6.09 Å². The quantitative estimate of drug-likeness (QED) is 0.780. The van der Waals surface area contributed by atoms with Crippen LogP contribution in [0.4, 0.5) is 4.79 Å². The number of hydrogen-bond acceptors (Lipinski definition) is 3. The molecule has 0 aliphatic heterocycles. The van der Waals surface area contributed by atoms with Gasteiger partial charge in [-0.3, -0.25) is 0 Å². The van der Waals surface area contributed by atoms with E-state index >= 15 is 0 Å². The van der Waals surface area contributed by atoms with Crippen molar-refractivity contribution in [1.82, 2.24) is 10.6 Å². The Bertz CT molecular complexity index is 398. The summed E-state index contributed by atoms with van der Waals surface area (Å²) in [5.41, 5.74) is -0.103. The zero-order chi connectivity index (χ0) is 14.8. The van der Waals surface area contributed by atoms with Crippen LogP contribution in [0.15, 0.2) is 0 Å². The second-order valence-corrected chi connectivity index (χ2v) is 7.12. The number of carbonyl (C=O) groups excluding carboxylic acids is 1. The third-order valence-corrected chi connectivity index (χ3v) is 4.35. The number of alkyl carbamates (subject to hydrolysis) is 1. The van der Waals surface area contributed by atoms with Crippen LogP contribution in [0.5, 0.6) is 0 Å². The molecular weight excluding hydrogens is 252 g/mol. The molecule has 0 saturated heterocycles. The average molecular weight is 278 g/mol. The monoisotopic (exact) mass is 278 g/mol. The molecule has 1 amide bonds. The first kappa shape index (κ1) is 15.2. The molecule has 112 valence electrons. The Hall–Kier alpha value is -1.21. The van der Waals surface area contributed by atoms with E-state index in [9.17, 15) is 4.79 Å². The fourth-order valence-electron chi connectivity index (χ4n) is 3.15. The minimum atomic E-state index is -0.428. The van der Waals surface area contributed by atoms with Crippen molar-refractivity contribution in [2.24, 2.45) is 5.41 Å². The van der Waals surface area contributed by atoms with Crippen LogP contribution in [-0.2, 0) is 4.74 Å². The first-order valence-corrected chi connectivity index (χ1v) is 7.51. The maximum Gasteiger partial charge on any atom is 0.407 e. The molecule has 1 unspecified atom stereocenters. The normalized spacial score (nSPS) is 32.5. The number of rotatable bonds is 3. The molecule has 2 fully saturated rings. The Kier molecular flexibility index (Phi) is 4.29. The zero-order valence-electron chi connectivity index (χ0n) is 12.8. The van der Waals surface area contributed by atoms with Crippen molar-refractivity contribution < 1.29 is 9.53 Å². The lowest BCUT2D eigenvalue weighted by Crippen LogP contribution is -2.38. The van der Waals surface area contributed by atoms with Crippen LogP contribution in [0.3, 0.4) is 0 Å². The third kappa shape index (κ3) is 3.89. The number of ether oxygens (including phenoxy) is 1. The van der Waals surface area contributed by atoms with Gasteiger partial charge in [-0.15, -0.1) is 6.42 Å². The largest absolute Gasteiger partial charge is 0.444 e. The predicted molar refractivity (Wildman–Crippen MR) is 79.3 cm³/mol. The molecule has 0 heterocycles. The van der Waals surface area contributed by atoms with Gasteiger partial charge in [0.15, 0.2) is 0 Å². The Morgan fingerprint density at radius 2 is 2.05 bits per heavy atom. The summed E-state index contributed by atoms with van der Waals surface area (Å²) in [6.07, 6.45) is 10.7. The van der Waals surface area contributed by atoms with E-state index in [1.54, 1.807) is 0 Å². The summed E-state index contributed by atoms with van der Waals surface area (Å²) >= 11 is 0. The van der Waals surface area contributed by atoms with Crippen molar-refractivity contribution in [3.8, 4) is 12.3 Å². The van der Waals surface area contributed by atoms with E-state index in [1.807, 2.05) is 20.8 Å². The number of amides is 1. The maximum absolute atomic E-state index is 11.8. The van der Waals surface area contributed by atoms with Gasteiger partial charge in [-0.25, -0.2) is 4.79 Å². The summed E-state index contributed by atoms with van der Waals surface area (Å²) in [5, 5.41) is 6.39. The minimum absolute atomic E-state index is 0.285. The molecule has 1 spiro atoms. The van der Waals surface area contributed by atoms with E-state index in [0.717, 1.165) is 32.1 Å². The highest BCUT2D eigenvalue weighted by atomic mass is 16.6. The Balaban J connectivity index is 1.73. The molecule has 20 heavy (non-hydrogen) atoms. The van der Waals surface area contributed by atoms with E-state index in [0.29, 0.717) is 24.0 Å². The van der Waals surface area contributed by atoms with Crippen molar-refractivity contribution in [1.29, 1.82) is 0 Å². The van der Waals surface area contributed by atoms with Crippen LogP contribution >= 0.6 is 0 Å². The number of nitrogens with one attached hydrogen (secondary N) is 2. The molecule has 2 aliphatic rings. The zero-order valence-corrected chi connectivity index (χ0v) is 12.8. The van der Waals surface area contributed by atoms with E-state index in [2.05, 4.69) is 16.6 Å². The van der Waals surface area contributed by atoms with E-state index in [-0.39, 0.29) is 6.09 Å². The highest BCUT2D eigenvalue weighted by Gasteiger charge is 2.55. The minimum Gasteiger partial charge on any atom is -0.444 e. The van der Waals surface area contributed by atoms with Crippen LogP contribution in [0.2, 0.25) is 0 Å². The molecule has 0 aromatic rings. The Morgan fingerprint density at radius 1 is 1.40 bits per heavy atom. The summed E-state index contributed by atoms with van der Waals surface area (Å²) < 4.78 is 5.31. The molecule has 1 atom stereocenters. The van der Waals surface area contributed by atoms with Gasteiger partial charge in [-0.2, -0.15) is 0 Å². The average Bonchev–Trinajstić information content (AvgIpc) is 2.98. The summed E-state index contributed by atoms with van der Waals surface area (Å²) in [4.78, 5) is 11.8. The molecular formula is C16H26N2O2. The van der Waals surface area contributed by atoms with Gasteiger partial charge in [0.2, 0.25) is 0 Å². The van der Waals surface area contributed by atoms with Crippen LogP contribution in [0.25, 0.3) is 0 Å². The van der Waals surface area contributed by atoms with Gasteiger partial charge in [0.1, 0.15) is 5.60 Å². The fourth-order valence-corrected chi connectivity index (χ4v) is 3.15. The lowest BCUT2D eigenvalue weighted by molar-refractivity contribution is 0.0512. The summed E-state index contributed by atoms with van der Waals surface area (Å²) in [6, 6.07) is 0.838. The molecule has 4 nitrogen and oxygen atoms in total. The van der Waals surface area contributed by atoms with Gasteiger partial charge in [0.25, 0.3) is 0 Å². The second kappa shape index (κ2) is 5.65. The fraction of sp³-hybridized carbons (Fsp3) is 0.812. The smallest absolute Gasteiger partial charge is 0.407 e. The van der Waals surface area contributed by atoms with Crippen LogP contribution in [-0.4, -0.2) is 30.3 Å². The van der Waals surface area contributed by atoms with E-state index in [4.69, 9.17) is 11.2 Å². The highest BCUT2D eigenvalue weighted by Crippen LogP contribution is 2.56. The Morgan fingerprint density at radius 3 is 2.60 bits per heavy atom. The molecule has 0 aromatic carbocycles. The van der Waals surface area contributed by atoms with E-state index in [1.165, 1.54) is 0 Å². The van der Waals surface area contributed by atoms with Crippen LogP contribution < -0.4 is 10.6 Å². The summed E-state index contributed by atoms with van der Waals surface area (Å²) in [5.74, 6) is 2.62. The van der Waals surface area contributed by atoms with E-state index < -0.39 is 5.60 Å². The van der Waals surface area contributed by atoms with Crippen molar-refractivity contribution in [2.45, 2.75) is 70.6 Å². The SMILES string of the molecule is C#CCNC1CCC2(CC1)CC2NC(=O)OC(C)(C)C. The Labute approximate surface area is 122 Å². The van der Waals surface area contributed by atoms with Crippen molar-refractivity contribution in [3.63, 3.8) is 0 Å². The molecule has 2 aliphatic carbocycles. The molecule has 0 bridgehead atoms. The first-order chi connectivity index (χ1) is 9.35. The third-order valence-electron chi connectivity index (χ3n) is 4.35.